The summed E-state index contributed by atoms with van der Waals surface area (Å²) in [5.74, 6) is 0.105. The van der Waals surface area contributed by atoms with E-state index in [-0.39, 0.29) is 23.3 Å². The number of hydrogen-bond donors (Lipinski definition) is 3. The Morgan fingerprint density at radius 2 is 1.92 bits per heavy atom. The summed E-state index contributed by atoms with van der Waals surface area (Å²) in [6.07, 6.45) is 2.98. The predicted octanol–water partition coefficient (Wildman–Crippen LogP) is 3.69. The molecule has 2 aromatic rings. The van der Waals surface area contributed by atoms with Crippen LogP contribution in [0.2, 0.25) is 0 Å². The normalized spacial score (nSPS) is 14.0. The summed E-state index contributed by atoms with van der Waals surface area (Å²) < 4.78 is 0. The number of anilines is 2. The van der Waals surface area contributed by atoms with Gasteiger partial charge in [0.2, 0.25) is 5.91 Å². The van der Waals surface area contributed by atoms with Crippen LogP contribution in [0.1, 0.15) is 46.3 Å². The lowest BCUT2D eigenvalue weighted by molar-refractivity contribution is -0.122. The first-order valence-corrected chi connectivity index (χ1v) is 8.68. The van der Waals surface area contributed by atoms with E-state index in [9.17, 15) is 9.59 Å². The van der Waals surface area contributed by atoms with Crippen LogP contribution in [-0.4, -0.2) is 17.4 Å². The molecule has 0 saturated heterocycles. The summed E-state index contributed by atoms with van der Waals surface area (Å²) in [5, 5.41) is 11.3. The molecular weight excluding hydrogens is 322 g/mol. The van der Waals surface area contributed by atoms with Crippen molar-refractivity contribution in [3.8, 4) is 0 Å². The topological polar surface area (TPSA) is 96.0 Å². The number of nitrogens with two attached hydrogens (primary N) is 1. The summed E-state index contributed by atoms with van der Waals surface area (Å²) in [7, 11) is 0. The molecule has 0 bridgehead atoms. The zero-order chi connectivity index (χ0) is 17.3. The lowest BCUT2D eigenvalue weighted by Crippen LogP contribution is -2.28. The molecule has 0 spiro atoms. The first-order chi connectivity index (χ1) is 11.5. The van der Waals surface area contributed by atoms with E-state index in [4.69, 9.17) is 11.1 Å². The highest BCUT2D eigenvalue weighted by Crippen LogP contribution is 2.29. The third kappa shape index (κ3) is 3.23. The number of carbonyl (C=O) groups excluding carboxylic acids is 2. The highest BCUT2D eigenvalue weighted by molar-refractivity contribution is 7.16. The van der Waals surface area contributed by atoms with Gasteiger partial charge in [-0.15, -0.1) is 11.3 Å². The van der Waals surface area contributed by atoms with E-state index in [1.165, 1.54) is 18.3 Å². The van der Waals surface area contributed by atoms with E-state index in [0.717, 1.165) is 19.3 Å². The minimum atomic E-state index is -0.0199. The number of thiophene rings is 1. The van der Waals surface area contributed by atoms with Crippen molar-refractivity contribution >= 4 is 40.1 Å². The second-order valence-electron chi connectivity index (χ2n) is 6.01. The van der Waals surface area contributed by atoms with Gasteiger partial charge in [-0.3, -0.25) is 15.0 Å². The molecule has 0 atom stereocenters. The fraction of sp³-hybridized carbons (Fsp3) is 0.278. The number of nitrogens with one attached hydrogen (secondary N) is 2. The summed E-state index contributed by atoms with van der Waals surface area (Å²) in [6.45, 7) is 1.50. The molecule has 0 radical (unpaired) electrons. The van der Waals surface area contributed by atoms with Crippen molar-refractivity contribution in [3.63, 3.8) is 0 Å². The molecule has 1 aliphatic rings. The molecule has 6 heteroatoms. The molecule has 1 aromatic carbocycles. The third-order valence-electron chi connectivity index (χ3n) is 4.27. The molecular formula is C18H19N3O2S. The second-order valence-corrected chi connectivity index (χ2v) is 7.10. The molecule has 0 aliphatic heterocycles. The second kappa shape index (κ2) is 6.57. The van der Waals surface area contributed by atoms with Gasteiger partial charge in [0.05, 0.1) is 15.5 Å². The Balaban J connectivity index is 1.83. The van der Waals surface area contributed by atoms with E-state index >= 15 is 0 Å². The molecule has 1 saturated carbocycles. The first kappa shape index (κ1) is 16.4. The van der Waals surface area contributed by atoms with E-state index in [1.54, 1.807) is 30.3 Å². The van der Waals surface area contributed by atoms with Crippen molar-refractivity contribution in [2.45, 2.75) is 26.2 Å². The highest BCUT2D eigenvalue weighted by Gasteiger charge is 2.25. The molecule has 1 heterocycles. The average Bonchev–Trinajstić information content (AvgIpc) is 2.96. The lowest BCUT2D eigenvalue weighted by Gasteiger charge is -2.24. The Kier molecular flexibility index (Phi) is 4.49. The van der Waals surface area contributed by atoms with Crippen LogP contribution in [0, 0.1) is 11.3 Å². The zero-order valence-corrected chi connectivity index (χ0v) is 14.2. The molecule has 24 heavy (non-hydrogen) atoms. The zero-order valence-electron chi connectivity index (χ0n) is 13.4. The SMILES string of the molecule is CC(=O)c1ccc(C(=N)c2cc(NC(=O)C3CCC3)ccc2N)s1. The maximum Gasteiger partial charge on any atom is 0.227 e. The van der Waals surface area contributed by atoms with Crippen LogP contribution in [-0.2, 0) is 4.79 Å². The number of amides is 1. The minimum absolute atomic E-state index is 0.0199. The van der Waals surface area contributed by atoms with E-state index in [2.05, 4.69) is 5.32 Å². The molecule has 1 fully saturated rings. The molecule has 1 aliphatic carbocycles. The Labute approximate surface area is 144 Å². The predicted molar refractivity (Wildman–Crippen MR) is 97.1 cm³/mol. The monoisotopic (exact) mass is 341 g/mol. The summed E-state index contributed by atoms with van der Waals surface area (Å²) in [4.78, 5) is 24.8. The van der Waals surface area contributed by atoms with Crippen LogP contribution in [0.15, 0.2) is 30.3 Å². The number of nitrogen functional groups attached to an aromatic ring is 1. The number of Topliss-reactive ketones (excluding diaryl/α,β-unsaturated/α-hetero) is 1. The summed E-state index contributed by atoms with van der Waals surface area (Å²) in [5.41, 5.74) is 7.93. The standard InChI is InChI=1S/C18H19N3O2S/c1-10(22)15-7-8-16(24-15)17(20)13-9-12(5-6-14(13)19)21-18(23)11-3-2-4-11/h5-9,11,20H,2-4,19H2,1H3,(H,21,23). The van der Waals surface area contributed by atoms with Crippen molar-refractivity contribution in [1.29, 1.82) is 5.41 Å². The van der Waals surface area contributed by atoms with Crippen molar-refractivity contribution < 1.29 is 9.59 Å². The molecule has 5 nitrogen and oxygen atoms in total. The van der Waals surface area contributed by atoms with E-state index in [1.807, 2.05) is 0 Å². The van der Waals surface area contributed by atoms with Gasteiger partial charge in [0, 0.05) is 22.9 Å². The Bertz CT molecular complexity index is 821. The van der Waals surface area contributed by atoms with Crippen molar-refractivity contribution in [3.05, 3.63) is 45.6 Å². The molecule has 0 unspecified atom stereocenters. The molecule has 124 valence electrons. The van der Waals surface area contributed by atoms with E-state index < -0.39 is 0 Å². The van der Waals surface area contributed by atoms with Crippen molar-refractivity contribution in [1.82, 2.24) is 0 Å². The van der Waals surface area contributed by atoms with Gasteiger partial charge in [-0.05, 0) is 50.1 Å². The van der Waals surface area contributed by atoms with Gasteiger partial charge >= 0.3 is 0 Å². The number of rotatable bonds is 5. The molecule has 1 aromatic heterocycles. The van der Waals surface area contributed by atoms with Gasteiger partial charge < -0.3 is 11.1 Å². The van der Waals surface area contributed by atoms with E-state index in [0.29, 0.717) is 26.7 Å². The lowest BCUT2D eigenvalue weighted by atomic mass is 9.85. The smallest absolute Gasteiger partial charge is 0.227 e. The van der Waals surface area contributed by atoms with Crippen LogP contribution in [0.4, 0.5) is 11.4 Å². The number of hydrogen-bond acceptors (Lipinski definition) is 5. The van der Waals surface area contributed by atoms with Crippen LogP contribution >= 0.6 is 11.3 Å². The maximum atomic E-state index is 12.1. The Hall–Kier alpha value is -2.47. The molecule has 1 amide bonds. The van der Waals surface area contributed by atoms with Crippen molar-refractivity contribution in [2.75, 3.05) is 11.1 Å². The molecule has 3 rings (SSSR count). The maximum absolute atomic E-state index is 12.1. The summed E-state index contributed by atoms with van der Waals surface area (Å²) >= 11 is 1.27. The van der Waals surface area contributed by atoms with Gasteiger partial charge in [-0.1, -0.05) is 6.42 Å². The fourth-order valence-corrected chi connectivity index (χ4v) is 3.42. The number of ketones is 1. The Morgan fingerprint density at radius 1 is 1.21 bits per heavy atom. The third-order valence-corrected chi connectivity index (χ3v) is 5.47. The van der Waals surface area contributed by atoms with Crippen LogP contribution < -0.4 is 11.1 Å². The van der Waals surface area contributed by atoms with Gasteiger partial charge in [0.15, 0.2) is 5.78 Å². The minimum Gasteiger partial charge on any atom is -0.398 e. The van der Waals surface area contributed by atoms with Gasteiger partial charge in [0.1, 0.15) is 0 Å². The summed E-state index contributed by atoms with van der Waals surface area (Å²) in [6, 6.07) is 8.64. The number of carbonyl (C=O) groups is 2. The fourth-order valence-electron chi connectivity index (χ4n) is 2.56. The van der Waals surface area contributed by atoms with Crippen molar-refractivity contribution in [2.24, 2.45) is 5.92 Å². The first-order valence-electron chi connectivity index (χ1n) is 7.86. The van der Waals surface area contributed by atoms with Gasteiger partial charge in [0.25, 0.3) is 0 Å². The van der Waals surface area contributed by atoms with Crippen LogP contribution in [0.3, 0.4) is 0 Å². The van der Waals surface area contributed by atoms with Crippen LogP contribution in [0.5, 0.6) is 0 Å². The quantitative estimate of drug-likeness (QED) is 0.439. The average molecular weight is 341 g/mol. The highest BCUT2D eigenvalue weighted by atomic mass is 32.1. The Morgan fingerprint density at radius 3 is 2.50 bits per heavy atom. The molecule has 4 N–H and O–H groups in total. The van der Waals surface area contributed by atoms with Gasteiger partial charge in [-0.2, -0.15) is 0 Å². The van der Waals surface area contributed by atoms with Gasteiger partial charge in [-0.25, -0.2) is 0 Å². The number of benzene rings is 1. The van der Waals surface area contributed by atoms with Crippen LogP contribution in [0.25, 0.3) is 0 Å². The largest absolute Gasteiger partial charge is 0.398 e.